The molecule has 164 valence electrons. The number of piperidine rings is 1. The van der Waals surface area contributed by atoms with E-state index in [1.807, 2.05) is 37.3 Å². The minimum Gasteiger partial charge on any atom is -0.342 e. The molecule has 0 bridgehead atoms. The van der Waals surface area contributed by atoms with Crippen molar-refractivity contribution in [2.45, 2.75) is 49.5 Å². The fraction of sp³-hybridized carbons (Fsp3) is 0.458. The fourth-order valence-electron chi connectivity index (χ4n) is 5.07. The maximum absolute atomic E-state index is 13.3. The number of imidazole rings is 1. The average molecular weight is 439 g/mol. The van der Waals surface area contributed by atoms with Gasteiger partial charge in [0.1, 0.15) is 5.82 Å². The summed E-state index contributed by atoms with van der Waals surface area (Å²) in [6.45, 7) is 5.34. The Morgan fingerprint density at radius 2 is 1.84 bits per heavy atom. The summed E-state index contributed by atoms with van der Waals surface area (Å²) in [7, 11) is -3.44. The fourth-order valence-corrected chi connectivity index (χ4v) is 6.86. The van der Waals surface area contributed by atoms with Crippen LogP contribution in [0.25, 0.3) is 11.0 Å². The van der Waals surface area contributed by atoms with E-state index < -0.39 is 10.0 Å². The van der Waals surface area contributed by atoms with Crippen LogP contribution in [0, 0.1) is 6.92 Å². The number of rotatable bonds is 5. The molecule has 1 unspecified atom stereocenters. The molecule has 2 aliphatic rings. The van der Waals surface area contributed by atoms with Gasteiger partial charge in [0.15, 0.2) is 0 Å². The molecular formula is C24H30N4O2S. The molecule has 0 aliphatic carbocycles. The molecule has 2 aliphatic heterocycles. The lowest BCUT2D eigenvalue weighted by Crippen LogP contribution is -2.45. The van der Waals surface area contributed by atoms with E-state index >= 15 is 0 Å². The van der Waals surface area contributed by atoms with Crippen molar-refractivity contribution in [3.05, 3.63) is 59.9 Å². The normalized spacial score (nSPS) is 21.8. The topological polar surface area (TPSA) is 69.3 Å². The highest BCUT2D eigenvalue weighted by Crippen LogP contribution is 2.31. The Morgan fingerprint density at radius 1 is 1.03 bits per heavy atom. The van der Waals surface area contributed by atoms with Crippen molar-refractivity contribution in [1.82, 2.24) is 19.2 Å². The quantitative estimate of drug-likeness (QED) is 0.656. The number of nitrogens with one attached hydrogen (secondary N) is 1. The van der Waals surface area contributed by atoms with E-state index in [4.69, 9.17) is 4.98 Å². The van der Waals surface area contributed by atoms with Crippen LogP contribution in [-0.2, 0) is 10.0 Å². The Balaban J connectivity index is 1.23. The van der Waals surface area contributed by atoms with E-state index in [0.717, 1.165) is 67.7 Å². The molecule has 0 radical (unpaired) electrons. The summed E-state index contributed by atoms with van der Waals surface area (Å²) in [5.41, 5.74) is 3.11. The van der Waals surface area contributed by atoms with Gasteiger partial charge in [-0.05, 0) is 75.5 Å². The number of hydrogen-bond donors (Lipinski definition) is 1. The van der Waals surface area contributed by atoms with Crippen molar-refractivity contribution in [1.29, 1.82) is 0 Å². The summed E-state index contributed by atoms with van der Waals surface area (Å²) >= 11 is 0. The molecule has 0 spiro atoms. The number of aryl methyl sites for hydroxylation is 1. The van der Waals surface area contributed by atoms with E-state index in [-0.39, 0.29) is 6.04 Å². The lowest BCUT2D eigenvalue weighted by atomic mass is 9.96. The zero-order valence-electron chi connectivity index (χ0n) is 18.0. The molecule has 6 nitrogen and oxygen atoms in total. The minimum absolute atomic E-state index is 0.0632. The first-order chi connectivity index (χ1) is 15.0. The average Bonchev–Trinajstić information content (AvgIpc) is 3.41. The van der Waals surface area contributed by atoms with Gasteiger partial charge in [-0.1, -0.05) is 24.3 Å². The third-order valence-electron chi connectivity index (χ3n) is 6.77. The molecular weight excluding hydrogens is 408 g/mol. The molecule has 2 aromatic carbocycles. The highest BCUT2D eigenvalue weighted by Gasteiger charge is 2.37. The van der Waals surface area contributed by atoms with Crippen molar-refractivity contribution in [2.75, 3.05) is 26.2 Å². The summed E-state index contributed by atoms with van der Waals surface area (Å²) in [6.07, 6.45) is 3.98. The van der Waals surface area contributed by atoms with Gasteiger partial charge >= 0.3 is 0 Å². The second-order valence-electron chi connectivity index (χ2n) is 8.94. The highest BCUT2D eigenvalue weighted by atomic mass is 32.2. The van der Waals surface area contributed by atoms with Gasteiger partial charge in [0.05, 0.1) is 15.9 Å². The van der Waals surface area contributed by atoms with E-state index in [1.165, 1.54) is 0 Å². The molecule has 5 rings (SSSR count). The molecule has 31 heavy (non-hydrogen) atoms. The number of fused-ring (bicyclic) bond motifs is 1. The molecule has 3 aromatic rings. The molecule has 3 heterocycles. The Bertz CT molecular complexity index is 1130. The number of aromatic amines is 1. The maximum atomic E-state index is 13.3. The van der Waals surface area contributed by atoms with Gasteiger partial charge in [-0.15, -0.1) is 0 Å². The SMILES string of the molecule is Cc1cccc(S(=O)(=O)N2CCCC2CN2CCC(c3nc4ccccc4[nH]3)CC2)c1. The molecule has 7 heteroatoms. The first-order valence-electron chi connectivity index (χ1n) is 11.3. The van der Waals surface area contributed by atoms with E-state index in [1.54, 1.807) is 16.4 Å². The Morgan fingerprint density at radius 3 is 2.61 bits per heavy atom. The minimum atomic E-state index is -3.44. The maximum Gasteiger partial charge on any atom is 0.243 e. The van der Waals surface area contributed by atoms with Crippen molar-refractivity contribution >= 4 is 21.1 Å². The highest BCUT2D eigenvalue weighted by molar-refractivity contribution is 7.89. The second kappa shape index (κ2) is 8.37. The molecule has 1 N–H and O–H groups in total. The lowest BCUT2D eigenvalue weighted by Gasteiger charge is -2.35. The zero-order valence-corrected chi connectivity index (χ0v) is 18.8. The van der Waals surface area contributed by atoms with Crippen molar-refractivity contribution in [3.8, 4) is 0 Å². The van der Waals surface area contributed by atoms with Gasteiger partial charge in [0, 0.05) is 25.0 Å². The van der Waals surface area contributed by atoms with Crippen LogP contribution in [0.5, 0.6) is 0 Å². The van der Waals surface area contributed by atoms with Crippen molar-refractivity contribution in [3.63, 3.8) is 0 Å². The number of H-pyrrole nitrogens is 1. The summed E-state index contributed by atoms with van der Waals surface area (Å²) < 4.78 is 28.3. The number of sulfonamides is 1. The van der Waals surface area contributed by atoms with E-state index in [2.05, 4.69) is 16.0 Å². The molecule has 1 atom stereocenters. The van der Waals surface area contributed by atoms with E-state index in [0.29, 0.717) is 17.4 Å². The molecule has 2 saturated heterocycles. The lowest BCUT2D eigenvalue weighted by molar-refractivity contribution is 0.176. The number of hydrogen-bond acceptors (Lipinski definition) is 4. The third-order valence-corrected chi connectivity index (χ3v) is 8.72. The predicted molar refractivity (Wildman–Crippen MR) is 123 cm³/mol. The van der Waals surface area contributed by atoms with Crippen LogP contribution in [0.3, 0.4) is 0 Å². The standard InChI is InChI=1S/C24H30N4O2S/c1-18-6-4-8-21(16-18)31(29,30)28-13-5-7-20(28)17-27-14-11-19(12-15-27)24-25-22-9-2-3-10-23(22)26-24/h2-4,6,8-10,16,19-20H,5,7,11-15,17H2,1H3,(H,25,26). The Labute approximate surface area is 184 Å². The smallest absolute Gasteiger partial charge is 0.243 e. The zero-order chi connectivity index (χ0) is 21.4. The summed E-state index contributed by atoms with van der Waals surface area (Å²) in [5.74, 6) is 1.53. The largest absolute Gasteiger partial charge is 0.342 e. The molecule has 2 fully saturated rings. The number of aromatic nitrogens is 2. The van der Waals surface area contributed by atoms with Crippen LogP contribution in [0.4, 0.5) is 0 Å². The number of nitrogens with zero attached hydrogens (tertiary/aromatic N) is 3. The van der Waals surface area contributed by atoms with Crippen LogP contribution in [0.1, 0.15) is 43.0 Å². The summed E-state index contributed by atoms with van der Waals surface area (Å²) in [6, 6.07) is 15.5. The Kier molecular flexibility index (Phi) is 5.58. The number of benzene rings is 2. The van der Waals surface area contributed by atoms with Crippen LogP contribution in [-0.4, -0.2) is 59.8 Å². The number of likely N-dealkylation sites (tertiary alicyclic amines) is 1. The van der Waals surface area contributed by atoms with Crippen LogP contribution in [0.15, 0.2) is 53.4 Å². The summed E-state index contributed by atoms with van der Waals surface area (Å²) in [5, 5.41) is 0. The van der Waals surface area contributed by atoms with Gasteiger partial charge in [-0.3, -0.25) is 0 Å². The van der Waals surface area contributed by atoms with Gasteiger partial charge in [-0.25, -0.2) is 13.4 Å². The van der Waals surface area contributed by atoms with Gasteiger partial charge in [-0.2, -0.15) is 4.31 Å². The molecule has 1 aromatic heterocycles. The summed E-state index contributed by atoms with van der Waals surface area (Å²) in [4.78, 5) is 11.1. The number of para-hydroxylation sites is 2. The molecule has 0 saturated carbocycles. The second-order valence-corrected chi connectivity index (χ2v) is 10.8. The predicted octanol–water partition coefficient (Wildman–Crippen LogP) is 3.90. The van der Waals surface area contributed by atoms with Gasteiger partial charge in [0.2, 0.25) is 10.0 Å². The van der Waals surface area contributed by atoms with Crippen LogP contribution < -0.4 is 0 Å². The van der Waals surface area contributed by atoms with Crippen LogP contribution in [0.2, 0.25) is 0 Å². The van der Waals surface area contributed by atoms with Gasteiger partial charge in [0.25, 0.3) is 0 Å². The van der Waals surface area contributed by atoms with Gasteiger partial charge < -0.3 is 9.88 Å². The third kappa shape index (κ3) is 4.14. The van der Waals surface area contributed by atoms with E-state index in [9.17, 15) is 8.42 Å². The van der Waals surface area contributed by atoms with Crippen molar-refractivity contribution < 1.29 is 8.42 Å². The monoisotopic (exact) mass is 438 g/mol. The molecule has 0 amide bonds. The first kappa shape index (κ1) is 20.7. The first-order valence-corrected chi connectivity index (χ1v) is 12.7. The van der Waals surface area contributed by atoms with Crippen LogP contribution >= 0.6 is 0 Å². The Hall–Kier alpha value is -2.22. The van der Waals surface area contributed by atoms with Crippen molar-refractivity contribution in [2.24, 2.45) is 0 Å².